The largest absolute Gasteiger partial charge is 0.497 e. The van der Waals surface area contributed by atoms with E-state index in [0.717, 1.165) is 16.8 Å². The highest BCUT2D eigenvalue weighted by molar-refractivity contribution is 6.07. The van der Waals surface area contributed by atoms with Gasteiger partial charge >= 0.3 is 6.09 Å². The maximum atomic E-state index is 12.9. The van der Waals surface area contributed by atoms with Crippen LogP contribution in [0.3, 0.4) is 0 Å². The highest BCUT2D eigenvalue weighted by Crippen LogP contribution is 2.39. The second-order valence-corrected chi connectivity index (χ2v) is 6.95. The monoisotopic (exact) mass is 402 g/mol. The Labute approximate surface area is 175 Å². The van der Waals surface area contributed by atoms with Crippen LogP contribution in [0.25, 0.3) is 0 Å². The average molecular weight is 402 g/mol. The predicted octanol–water partition coefficient (Wildman–Crippen LogP) is 4.08. The number of ether oxygens (including phenoxy) is 2. The molecule has 1 aliphatic rings. The van der Waals surface area contributed by atoms with E-state index in [0.29, 0.717) is 5.75 Å². The van der Waals surface area contributed by atoms with E-state index in [1.165, 1.54) is 0 Å². The van der Waals surface area contributed by atoms with Crippen LogP contribution >= 0.6 is 0 Å². The summed E-state index contributed by atoms with van der Waals surface area (Å²) in [5, 5.41) is 2.73. The van der Waals surface area contributed by atoms with Crippen LogP contribution in [0.1, 0.15) is 17.2 Å². The Morgan fingerprint density at radius 2 is 1.57 bits per heavy atom. The Hall–Kier alpha value is -3.80. The molecule has 1 saturated heterocycles. The number of nitrogens with one attached hydrogen (secondary N) is 1. The lowest BCUT2D eigenvalue weighted by atomic mass is 9.87. The summed E-state index contributed by atoms with van der Waals surface area (Å²) in [6.07, 6.45) is -0.618. The SMILES string of the molecule is COc1ccc(N2C(=O)[C@@H](NC(=O)OCc3ccccc3)[C@H]2c2ccccc2)cc1. The summed E-state index contributed by atoms with van der Waals surface area (Å²) >= 11 is 0. The van der Waals surface area contributed by atoms with Crippen molar-refractivity contribution >= 4 is 17.7 Å². The Kier molecular flexibility index (Phi) is 5.66. The molecule has 152 valence electrons. The van der Waals surface area contributed by atoms with E-state index in [1.54, 1.807) is 24.1 Å². The molecular formula is C24H22N2O4. The molecule has 3 aromatic rings. The van der Waals surface area contributed by atoms with E-state index in [4.69, 9.17) is 9.47 Å². The number of β-lactam (4-membered cyclic amide) rings is 1. The van der Waals surface area contributed by atoms with Crippen LogP contribution in [0.15, 0.2) is 84.9 Å². The number of carbonyl (C=O) groups is 2. The zero-order valence-corrected chi connectivity index (χ0v) is 16.5. The molecule has 1 aliphatic heterocycles. The van der Waals surface area contributed by atoms with Crippen molar-refractivity contribution < 1.29 is 19.1 Å². The molecule has 0 radical (unpaired) electrons. The van der Waals surface area contributed by atoms with Crippen molar-refractivity contribution in [2.24, 2.45) is 0 Å². The Bertz CT molecular complexity index is 1010. The summed E-state index contributed by atoms with van der Waals surface area (Å²) in [6.45, 7) is 0.145. The van der Waals surface area contributed by atoms with Crippen LogP contribution in [-0.2, 0) is 16.1 Å². The first-order chi connectivity index (χ1) is 14.7. The lowest BCUT2D eigenvalue weighted by Gasteiger charge is -2.47. The van der Waals surface area contributed by atoms with Gasteiger partial charge in [-0.3, -0.25) is 4.79 Å². The van der Waals surface area contributed by atoms with Gasteiger partial charge in [0.1, 0.15) is 18.4 Å². The fourth-order valence-electron chi connectivity index (χ4n) is 3.54. The third kappa shape index (κ3) is 3.98. The summed E-state index contributed by atoms with van der Waals surface area (Å²) < 4.78 is 10.5. The molecule has 1 heterocycles. The van der Waals surface area contributed by atoms with E-state index in [1.807, 2.05) is 72.8 Å². The minimum Gasteiger partial charge on any atom is -0.497 e. The fraction of sp³-hybridized carbons (Fsp3) is 0.167. The molecule has 0 saturated carbocycles. The minimum absolute atomic E-state index is 0.145. The molecule has 6 nitrogen and oxygen atoms in total. The maximum absolute atomic E-state index is 12.9. The zero-order valence-electron chi connectivity index (χ0n) is 16.5. The molecule has 0 aliphatic carbocycles. The summed E-state index contributed by atoms with van der Waals surface area (Å²) in [5.74, 6) is 0.521. The predicted molar refractivity (Wildman–Crippen MR) is 113 cm³/mol. The topological polar surface area (TPSA) is 67.9 Å². The van der Waals surface area contributed by atoms with Crippen molar-refractivity contribution in [2.45, 2.75) is 18.7 Å². The molecular weight excluding hydrogens is 380 g/mol. The van der Waals surface area contributed by atoms with Gasteiger partial charge in [0.05, 0.1) is 13.2 Å². The Morgan fingerprint density at radius 3 is 2.20 bits per heavy atom. The number of anilines is 1. The molecule has 2 atom stereocenters. The molecule has 1 N–H and O–H groups in total. The molecule has 0 spiro atoms. The van der Waals surface area contributed by atoms with E-state index >= 15 is 0 Å². The number of carbonyl (C=O) groups excluding carboxylic acids is 2. The molecule has 0 unspecified atom stereocenters. The number of nitrogens with zero attached hydrogens (tertiary/aromatic N) is 1. The molecule has 2 amide bonds. The second kappa shape index (κ2) is 8.69. The van der Waals surface area contributed by atoms with Crippen molar-refractivity contribution in [2.75, 3.05) is 12.0 Å². The number of amides is 2. The summed E-state index contributed by atoms with van der Waals surface area (Å²) in [4.78, 5) is 27.0. The summed E-state index contributed by atoms with van der Waals surface area (Å²) in [7, 11) is 1.59. The molecule has 3 aromatic carbocycles. The standard InChI is InChI=1S/C24H22N2O4/c1-29-20-14-12-19(13-15-20)26-22(18-10-6-3-7-11-18)21(23(26)27)25-24(28)30-16-17-8-4-2-5-9-17/h2-15,21-22H,16H2,1H3,(H,25,28)/t21-,22+/m0/s1. The van der Waals surface area contributed by atoms with Gasteiger partial charge in [0.15, 0.2) is 0 Å². The molecule has 4 rings (SSSR count). The van der Waals surface area contributed by atoms with Gasteiger partial charge in [-0.25, -0.2) is 4.79 Å². The van der Waals surface area contributed by atoms with Crippen LogP contribution in [-0.4, -0.2) is 25.2 Å². The van der Waals surface area contributed by atoms with Gasteiger partial charge < -0.3 is 19.7 Å². The van der Waals surface area contributed by atoms with Gasteiger partial charge in [0, 0.05) is 5.69 Å². The van der Waals surface area contributed by atoms with Gasteiger partial charge in [-0.1, -0.05) is 60.7 Å². The van der Waals surface area contributed by atoms with Crippen molar-refractivity contribution in [3.63, 3.8) is 0 Å². The first-order valence-corrected chi connectivity index (χ1v) is 9.66. The molecule has 30 heavy (non-hydrogen) atoms. The fourth-order valence-corrected chi connectivity index (χ4v) is 3.54. The lowest BCUT2D eigenvalue weighted by Crippen LogP contribution is -2.66. The van der Waals surface area contributed by atoms with Gasteiger partial charge in [0.25, 0.3) is 5.91 Å². The number of methoxy groups -OCH3 is 1. The van der Waals surface area contributed by atoms with E-state index in [2.05, 4.69) is 5.32 Å². The highest BCUT2D eigenvalue weighted by Gasteiger charge is 2.50. The van der Waals surface area contributed by atoms with Crippen molar-refractivity contribution in [3.05, 3.63) is 96.1 Å². The van der Waals surface area contributed by atoms with Crippen LogP contribution < -0.4 is 15.0 Å². The first kappa shape index (κ1) is 19.5. The van der Waals surface area contributed by atoms with E-state index < -0.39 is 12.1 Å². The number of rotatable bonds is 6. The number of benzene rings is 3. The van der Waals surface area contributed by atoms with E-state index in [9.17, 15) is 9.59 Å². The normalized spacial score (nSPS) is 17.8. The summed E-state index contributed by atoms with van der Waals surface area (Å²) in [5.41, 5.74) is 2.55. The van der Waals surface area contributed by atoms with Gasteiger partial charge in [-0.15, -0.1) is 0 Å². The smallest absolute Gasteiger partial charge is 0.408 e. The van der Waals surface area contributed by atoms with Gasteiger partial charge in [0.2, 0.25) is 0 Å². The van der Waals surface area contributed by atoms with Gasteiger partial charge in [-0.2, -0.15) is 0 Å². The first-order valence-electron chi connectivity index (χ1n) is 9.66. The lowest BCUT2D eigenvalue weighted by molar-refractivity contribution is -0.127. The van der Waals surface area contributed by atoms with Crippen LogP contribution in [0, 0.1) is 0 Å². The Balaban J connectivity index is 1.50. The zero-order chi connectivity index (χ0) is 20.9. The van der Waals surface area contributed by atoms with Crippen molar-refractivity contribution in [3.8, 4) is 5.75 Å². The number of hydrogen-bond donors (Lipinski definition) is 1. The minimum atomic E-state index is -0.697. The Morgan fingerprint density at radius 1 is 0.933 bits per heavy atom. The van der Waals surface area contributed by atoms with Crippen LogP contribution in [0.2, 0.25) is 0 Å². The molecule has 0 aromatic heterocycles. The number of alkyl carbamates (subject to hydrolysis) is 1. The van der Waals surface area contributed by atoms with Crippen molar-refractivity contribution in [1.82, 2.24) is 5.32 Å². The van der Waals surface area contributed by atoms with E-state index in [-0.39, 0.29) is 18.6 Å². The maximum Gasteiger partial charge on any atom is 0.408 e. The third-order valence-corrected chi connectivity index (χ3v) is 5.08. The van der Waals surface area contributed by atoms with Gasteiger partial charge in [-0.05, 0) is 35.4 Å². The van der Waals surface area contributed by atoms with Crippen LogP contribution in [0.4, 0.5) is 10.5 Å². The summed E-state index contributed by atoms with van der Waals surface area (Å²) in [6, 6.07) is 25.3. The number of hydrogen-bond acceptors (Lipinski definition) is 4. The molecule has 1 fully saturated rings. The quantitative estimate of drug-likeness (QED) is 0.631. The van der Waals surface area contributed by atoms with Crippen LogP contribution in [0.5, 0.6) is 5.75 Å². The highest BCUT2D eigenvalue weighted by atomic mass is 16.5. The molecule has 0 bridgehead atoms. The third-order valence-electron chi connectivity index (χ3n) is 5.08. The average Bonchev–Trinajstić information content (AvgIpc) is 2.81. The molecule has 6 heteroatoms. The second-order valence-electron chi connectivity index (χ2n) is 6.95. The van der Waals surface area contributed by atoms with Crippen molar-refractivity contribution in [1.29, 1.82) is 0 Å².